The number of rotatable bonds is 6. The first-order valence-corrected chi connectivity index (χ1v) is 9.81. The number of amides is 1. The van der Waals surface area contributed by atoms with Crippen LogP contribution in [0.3, 0.4) is 0 Å². The average molecular weight is 350 g/mol. The summed E-state index contributed by atoms with van der Waals surface area (Å²) in [6.07, 6.45) is 2.26. The summed E-state index contributed by atoms with van der Waals surface area (Å²) in [7, 11) is 0. The van der Waals surface area contributed by atoms with Crippen LogP contribution in [0.5, 0.6) is 0 Å². The summed E-state index contributed by atoms with van der Waals surface area (Å²) < 4.78 is 11.6. The second-order valence-electron chi connectivity index (χ2n) is 7.40. The molecule has 0 radical (unpaired) electrons. The largest absolute Gasteiger partial charge is 0.380 e. The van der Waals surface area contributed by atoms with E-state index < -0.39 is 0 Å². The number of ether oxygens (including phenoxy) is 2. The lowest BCUT2D eigenvalue weighted by atomic mass is 9.82. The minimum absolute atomic E-state index is 0.0720. The quantitative estimate of drug-likeness (QED) is 0.785. The second-order valence-corrected chi connectivity index (χ2v) is 8.44. The van der Waals surface area contributed by atoms with E-state index >= 15 is 0 Å². The summed E-state index contributed by atoms with van der Waals surface area (Å²) in [6, 6.07) is 4.32. The molecule has 0 spiro atoms. The standard InChI is InChI=1S/C18H26N2O3S/c21-17(20-5-1-2-6-20)11-23-14-18-12-19(8-15(18)10-22-13-18)9-16-4-3-7-24-16/h3-4,7,15H,1-2,5-6,8-14H2/t15-,18+/m0/s1. The summed E-state index contributed by atoms with van der Waals surface area (Å²) >= 11 is 1.82. The van der Waals surface area contributed by atoms with E-state index in [1.165, 1.54) is 4.88 Å². The topological polar surface area (TPSA) is 42.0 Å². The van der Waals surface area contributed by atoms with Crippen LogP contribution in [-0.4, -0.2) is 68.3 Å². The van der Waals surface area contributed by atoms with Gasteiger partial charge in [-0.2, -0.15) is 0 Å². The fourth-order valence-electron chi connectivity index (χ4n) is 4.29. The molecule has 0 bridgehead atoms. The third-order valence-corrected chi connectivity index (χ3v) is 6.49. The van der Waals surface area contributed by atoms with Crippen LogP contribution >= 0.6 is 11.3 Å². The molecular weight excluding hydrogens is 324 g/mol. The first-order valence-electron chi connectivity index (χ1n) is 8.93. The minimum Gasteiger partial charge on any atom is -0.380 e. The number of hydrogen-bond donors (Lipinski definition) is 0. The van der Waals surface area contributed by atoms with E-state index in [1.54, 1.807) is 0 Å². The van der Waals surface area contributed by atoms with Gasteiger partial charge < -0.3 is 14.4 Å². The van der Waals surface area contributed by atoms with Crippen LogP contribution in [0.15, 0.2) is 17.5 Å². The fourth-order valence-corrected chi connectivity index (χ4v) is 5.04. The Labute approximate surface area is 147 Å². The first kappa shape index (κ1) is 16.5. The molecule has 6 heteroatoms. The van der Waals surface area contributed by atoms with Crippen molar-refractivity contribution in [3.63, 3.8) is 0 Å². The molecule has 0 aliphatic carbocycles. The van der Waals surface area contributed by atoms with E-state index in [-0.39, 0.29) is 17.9 Å². The van der Waals surface area contributed by atoms with E-state index in [0.29, 0.717) is 12.5 Å². The zero-order valence-electron chi connectivity index (χ0n) is 14.1. The summed E-state index contributed by atoms with van der Waals surface area (Å²) in [6.45, 7) is 7.33. The molecule has 0 aromatic carbocycles. The summed E-state index contributed by atoms with van der Waals surface area (Å²) in [4.78, 5) is 18.0. The molecule has 3 aliphatic rings. The van der Waals surface area contributed by atoms with Gasteiger partial charge in [0.05, 0.1) is 19.8 Å². The molecule has 4 heterocycles. The summed E-state index contributed by atoms with van der Waals surface area (Å²) in [5.74, 6) is 0.673. The van der Waals surface area contributed by atoms with Crippen LogP contribution in [-0.2, 0) is 20.8 Å². The van der Waals surface area contributed by atoms with Gasteiger partial charge in [0.1, 0.15) is 6.61 Å². The zero-order chi connectivity index (χ0) is 16.4. The molecule has 5 nitrogen and oxygen atoms in total. The number of thiophene rings is 1. The molecule has 2 atom stereocenters. The third-order valence-electron chi connectivity index (χ3n) is 5.63. The monoisotopic (exact) mass is 350 g/mol. The van der Waals surface area contributed by atoms with Crippen molar-refractivity contribution in [2.75, 3.05) is 52.6 Å². The highest BCUT2D eigenvalue weighted by Gasteiger charge is 2.50. The maximum absolute atomic E-state index is 12.1. The van der Waals surface area contributed by atoms with Gasteiger partial charge >= 0.3 is 0 Å². The van der Waals surface area contributed by atoms with Crippen LogP contribution < -0.4 is 0 Å². The molecule has 3 fully saturated rings. The second kappa shape index (κ2) is 7.12. The van der Waals surface area contributed by atoms with Crippen LogP contribution in [0.1, 0.15) is 17.7 Å². The molecule has 132 valence electrons. The lowest BCUT2D eigenvalue weighted by molar-refractivity contribution is -0.136. The van der Waals surface area contributed by atoms with Gasteiger partial charge in [-0.1, -0.05) is 6.07 Å². The zero-order valence-corrected chi connectivity index (χ0v) is 14.9. The summed E-state index contributed by atoms with van der Waals surface area (Å²) in [5.41, 5.74) is 0.0720. The Morgan fingerprint density at radius 2 is 2.29 bits per heavy atom. The molecule has 0 unspecified atom stereocenters. The van der Waals surface area contributed by atoms with Gasteiger partial charge in [-0.05, 0) is 24.3 Å². The average Bonchev–Trinajstić information content (AvgIpc) is 3.32. The molecule has 1 amide bonds. The molecular formula is C18H26N2O3S. The lowest BCUT2D eigenvalue weighted by Gasteiger charge is -2.27. The van der Waals surface area contributed by atoms with Crippen molar-refractivity contribution < 1.29 is 14.3 Å². The van der Waals surface area contributed by atoms with Gasteiger partial charge in [-0.3, -0.25) is 9.69 Å². The number of hydrogen-bond acceptors (Lipinski definition) is 5. The number of carbonyl (C=O) groups excluding carboxylic acids is 1. The number of likely N-dealkylation sites (tertiary alicyclic amines) is 2. The molecule has 1 aromatic heterocycles. The highest BCUT2D eigenvalue weighted by Crippen LogP contribution is 2.42. The highest BCUT2D eigenvalue weighted by atomic mass is 32.1. The number of fused-ring (bicyclic) bond motifs is 1. The SMILES string of the molecule is O=C(COC[C@@]12COC[C@@H]1CN(Cc1cccs1)C2)N1CCCC1. The first-order chi connectivity index (χ1) is 11.8. The minimum atomic E-state index is 0.0720. The van der Waals surface area contributed by atoms with Gasteiger partial charge in [-0.15, -0.1) is 11.3 Å². The fraction of sp³-hybridized carbons (Fsp3) is 0.722. The molecule has 0 N–H and O–H groups in total. The predicted octanol–water partition coefficient (Wildman–Crippen LogP) is 1.84. The Kier molecular flexibility index (Phi) is 4.90. The maximum atomic E-state index is 12.1. The van der Waals surface area contributed by atoms with E-state index in [0.717, 1.165) is 58.8 Å². The van der Waals surface area contributed by atoms with Crippen LogP contribution in [0.2, 0.25) is 0 Å². The van der Waals surface area contributed by atoms with Gasteiger partial charge in [-0.25, -0.2) is 0 Å². The normalized spacial score (nSPS) is 30.2. The van der Waals surface area contributed by atoms with Crippen molar-refractivity contribution in [2.45, 2.75) is 19.4 Å². The van der Waals surface area contributed by atoms with Crippen LogP contribution in [0, 0.1) is 11.3 Å². The van der Waals surface area contributed by atoms with Crippen molar-refractivity contribution >= 4 is 17.2 Å². The van der Waals surface area contributed by atoms with Crippen molar-refractivity contribution in [3.05, 3.63) is 22.4 Å². The lowest BCUT2D eigenvalue weighted by Crippen LogP contribution is -2.38. The van der Waals surface area contributed by atoms with Gasteiger partial charge in [0, 0.05) is 48.9 Å². The smallest absolute Gasteiger partial charge is 0.248 e. The summed E-state index contributed by atoms with van der Waals surface area (Å²) in [5, 5.41) is 2.14. The van der Waals surface area contributed by atoms with Crippen molar-refractivity contribution in [1.82, 2.24) is 9.80 Å². The van der Waals surface area contributed by atoms with E-state index in [2.05, 4.69) is 22.4 Å². The third kappa shape index (κ3) is 3.38. The van der Waals surface area contributed by atoms with Crippen LogP contribution in [0.4, 0.5) is 0 Å². The number of carbonyl (C=O) groups is 1. The highest BCUT2D eigenvalue weighted by molar-refractivity contribution is 7.09. The molecule has 3 saturated heterocycles. The number of nitrogens with zero attached hydrogens (tertiary/aromatic N) is 2. The van der Waals surface area contributed by atoms with Crippen molar-refractivity contribution in [1.29, 1.82) is 0 Å². The molecule has 0 saturated carbocycles. The Balaban J connectivity index is 1.30. The Morgan fingerprint density at radius 1 is 1.42 bits per heavy atom. The van der Waals surface area contributed by atoms with Crippen molar-refractivity contribution in [3.8, 4) is 0 Å². The Bertz CT molecular complexity index is 559. The van der Waals surface area contributed by atoms with E-state index in [4.69, 9.17) is 9.47 Å². The Morgan fingerprint density at radius 3 is 3.08 bits per heavy atom. The van der Waals surface area contributed by atoms with Crippen LogP contribution in [0.25, 0.3) is 0 Å². The Hall–Kier alpha value is -0.950. The van der Waals surface area contributed by atoms with Gasteiger partial charge in [0.2, 0.25) is 5.91 Å². The molecule has 24 heavy (non-hydrogen) atoms. The molecule has 1 aromatic rings. The van der Waals surface area contributed by atoms with Crippen molar-refractivity contribution in [2.24, 2.45) is 11.3 Å². The van der Waals surface area contributed by atoms with Gasteiger partial charge in [0.25, 0.3) is 0 Å². The molecule has 4 rings (SSSR count). The predicted molar refractivity (Wildman–Crippen MR) is 93.0 cm³/mol. The maximum Gasteiger partial charge on any atom is 0.248 e. The van der Waals surface area contributed by atoms with E-state index in [9.17, 15) is 4.79 Å². The molecule has 3 aliphatic heterocycles. The van der Waals surface area contributed by atoms with Gasteiger partial charge in [0.15, 0.2) is 0 Å². The van der Waals surface area contributed by atoms with E-state index in [1.807, 2.05) is 16.2 Å².